The van der Waals surface area contributed by atoms with Crippen molar-refractivity contribution in [3.05, 3.63) is 0 Å². The molecule has 0 unspecified atom stereocenters. The number of amides is 1. The zero-order valence-electron chi connectivity index (χ0n) is 13.3. The zero-order chi connectivity index (χ0) is 14.5. The summed E-state index contributed by atoms with van der Waals surface area (Å²) in [6, 6.07) is 1.33. The van der Waals surface area contributed by atoms with Crippen LogP contribution in [0.4, 0.5) is 0 Å². The second-order valence-corrected chi connectivity index (χ2v) is 5.90. The fraction of sp³-hybridized carbons (Fsp3) is 0.857. The molecule has 2 fully saturated rings. The summed E-state index contributed by atoms with van der Waals surface area (Å²) in [6.45, 7) is 2.64. The number of piperidine rings is 1. The van der Waals surface area contributed by atoms with Gasteiger partial charge in [0, 0.05) is 46.3 Å². The molecule has 2 N–H and O–H groups in total. The van der Waals surface area contributed by atoms with Crippen LogP contribution in [0.5, 0.6) is 0 Å². The lowest BCUT2D eigenvalue weighted by Crippen LogP contribution is -2.50. The van der Waals surface area contributed by atoms with E-state index in [-0.39, 0.29) is 36.4 Å². The molecule has 0 aromatic carbocycles. The zero-order valence-corrected chi connectivity index (χ0v) is 15.6. The SMILES string of the molecule is CN=C(NCC(=O)N(C)C)NC1CCN(C2CC2)CC1.I. The van der Waals surface area contributed by atoms with Gasteiger partial charge >= 0.3 is 0 Å². The summed E-state index contributed by atoms with van der Waals surface area (Å²) in [5, 5.41) is 6.50. The van der Waals surface area contributed by atoms with Gasteiger partial charge in [0.25, 0.3) is 0 Å². The Kier molecular flexibility index (Phi) is 7.72. The molecule has 1 aliphatic carbocycles. The van der Waals surface area contributed by atoms with E-state index >= 15 is 0 Å². The Morgan fingerprint density at radius 3 is 2.33 bits per heavy atom. The molecule has 21 heavy (non-hydrogen) atoms. The van der Waals surface area contributed by atoms with E-state index in [1.165, 1.54) is 25.9 Å². The van der Waals surface area contributed by atoms with Crippen LogP contribution in [0.15, 0.2) is 4.99 Å². The summed E-state index contributed by atoms with van der Waals surface area (Å²) in [7, 11) is 5.26. The Balaban J connectivity index is 0.00000220. The van der Waals surface area contributed by atoms with Crippen molar-refractivity contribution < 1.29 is 4.79 Å². The van der Waals surface area contributed by atoms with Crippen molar-refractivity contribution in [1.29, 1.82) is 0 Å². The summed E-state index contributed by atoms with van der Waals surface area (Å²) in [5.74, 6) is 0.779. The lowest BCUT2D eigenvalue weighted by Gasteiger charge is -2.33. The molecule has 2 aliphatic rings. The third-order valence-corrected chi connectivity index (χ3v) is 4.06. The quantitative estimate of drug-likeness (QED) is 0.403. The highest BCUT2D eigenvalue weighted by molar-refractivity contribution is 14.0. The molecule has 1 saturated carbocycles. The van der Waals surface area contributed by atoms with Gasteiger partial charge in [-0.1, -0.05) is 0 Å². The van der Waals surface area contributed by atoms with Crippen LogP contribution >= 0.6 is 24.0 Å². The molecule has 0 spiro atoms. The number of carbonyl (C=O) groups is 1. The fourth-order valence-electron chi connectivity index (χ4n) is 2.55. The van der Waals surface area contributed by atoms with Gasteiger partial charge in [0.2, 0.25) is 5.91 Å². The van der Waals surface area contributed by atoms with E-state index in [0.717, 1.165) is 24.8 Å². The standard InChI is InChI=1S/C14H27N5O.HI/c1-15-14(16-10-13(20)18(2)3)17-11-6-8-19(9-7-11)12-4-5-12;/h11-12H,4-10H2,1-3H3,(H2,15,16,17);1H. The molecule has 0 radical (unpaired) electrons. The minimum Gasteiger partial charge on any atom is -0.354 e. The first-order chi connectivity index (χ1) is 9.60. The van der Waals surface area contributed by atoms with Gasteiger partial charge in [0.1, 0.15) is 0 Å². The smallest absolute Gasteiger partial charge is 0.241 e. The lowest BCUT2D eigenvalue weighted by atomic mass is 10.1. The van der Waals surface area contributed by atoms with Gasteiger partial charge in [0.05, 0.1) is 6.54 Å². The summed E-state index contributed by atoms with van der Waals surface area (Å²) in [5.41, 5.74) is 0. The molecule has 1 amide bonds. The molecule has 0 aromatic heterocycles. The highest BCUT2D eigenvalue weighted by atomic mass is 127. The Morgan fingerprint density at radius 2 is 1.86 bits per heavy atom. The monoisotopic (exact) mass is 409 g/mol. The van der Waals surface area contributed by atoms with Crippen LogP contribution in [-0.4, -0.2) is 74.5 Å². The van der Waals surface area contributed by atoms with Crippen LogP contribution in [0.1, 0.15) is 25.7 Å². The number of rotatable bonds is 4. The minimum atomic E-state index is 0. The van der Waals surface area contributed by atoms with E-state index in [0.29, 0.717) is 6.04 Å². The van der Waals surface area contributed by atoms with Crippen LogP contribution in [0.25, 0.3) is 0 Å². The second kappa shape index (κ2) is 8.77. The van der Waals surface area contributed by atoms with E-state index in [1.54, 1.807) is 26.0 Å². The van der Waals surface area contributed by atoms with Crippen LogP contribution in [-0.2, 0) is 4.79 Å². The van der Waals surface area contributed by atoms with Gasteiger partial charge in [-0.3, -0.25) is 9.79 Å². The Hall–Kier alpha value is -0.570. The van der Waals surface area contributed by atoms with Crippen molar-refractivity contribution in [2.45, 2.75) is 37.8 Å². The third-order valence-electron chi connectivity index (χ3n) is 4.06. The van der Waals surface area contributed by atoms with Gasteiger partial charge in [-0.25, -0.2) is 0 Å². The predicted molar refractivity (Wildman–Crippen MR) is 96.2 cm³/mol. The average Bonchev–Trinajstić information content (AvgIpc) is 3.28. The van der Waals surface area contributed by atoms with Crippen molar-refractivity contribution in [3.63, 3.8) is 0 Å². The molecule has 6 nitrogen and oxygen atoms in total. The van der Waals surface area contributed by atoms with Gasteiger partial charge < -0.3 is 20.4 Å². The number of nitrogens with one attached hydrogen (secondary N) is 2. The van der Waals surface area contributed by atoms with Crippen molar-refractivity contribution in [2.24, 2.45) is 4.99 Å². The topological polar surface area (TPSA) is 60.0 Å². The first-order valence-electron chi connectivity index (χ1n) is 7.51. The molecule has 122 valence electrons. The number of likely N-dealkylation sites (N-methyl/N-ethyl adjacent to an activating group) is 1. The van der Waals surface area contributed by atoms with Gasteiger partial charge in [-0.05, 0) is 25.7 Å². The van der Waals surface area contributed by atoms with Crippen LogP contribution in [0, 0.1) is 0 Å². The largest absolute Gasteiger partial charge is 0.354 e. The normalized spacial score (nSPS) is 20.6. The molecular weight excluding hydrogens is 381 g/mol. The van der Waals surface area contributed by atoms with Crippen LogP contribution in [0.3, 0.4) is 0 Å². The molecule has 1 heterocycles. The number of guanidine groups is 1. The summed E-state index contributed by atoms with van der Waals surface area (Å²) in [4.78, 5) is 19.9. The molecule has 0 bridgehead atoms. The first-order valence-corrected chi connectivity index (χ1v) is 7.51. The van der Waals surface area contributed by atoms with Crippen molar-refractivity contribution in [2.75, 3.05) is 40.8 Å². The Labute approximate surface area is 144 Å². The number of aliphatic imine (C=N–C) groups is 1. The Bertz CT molecular complexity index is 362. The number of nitrogens with zero attached hydrogens (tertiary/aromatic N) is 3. The molecule has 0 aromatic rings. The van der Waals surface area contributed by atoms with Crippen molar-refractivity contribution in [1.82, 2.24) is 20.4 Å². The van der Waals surface area contributed by atoms with Gasteiger partial charge in [-0.2, -0.15) is 0 Å². The van der Waals surface area contributed by atoms with Crippen molar-refractivity contribution >= 4 is 35.8 Å². The molecule has 1 saturated heterocycles. The van der Waals surface area contributed by atoms with Crippen LogP contribution in [0.2, 0.25) is 0 Å². The predicted octanol–water partition coefficient (Wildman–Crippen LogP) is 0.484. The molecule has 0 atom stereocenters. The maximum Gasteiger partial charge on any atom is 0.241 e. The maximum atomic E-state index is 11.6. The van der Waals surface area contributed by atoms with E-state index in [2.05, 4.69) is 20.5 Å². The van der Waals surface area contributed by atoms with Crippen molar-refractivity contribution in [3.8, 4) is 0 Å². The van der Waals surface area contributed by atoms with E-state index in [9.17, 15) is 4.79 Å². The number of likely N-dealkylation sites (tertiary alicyclic amines) is 1. The second-order valence-electron chi connectivity index (χ2n) is 5.90. The molecule has 1 aliphatic heterocycles. The average molecular weight is 409 g/mol. The number of carbonyl (C=O) groups excluding carboxylic acids is 1. The number of halogens is 1. The highest BCUT2D eigenvalue weighted by Gasteiger charge is 2.31. The third kappa shape index (κ3) is 5.98. The molecular formula is C14H28IN5O. The molecule has 7 heteroatoms. The van der Waals surface area contributed by atoms with Gasteiger partial charge in [0.15, 0.2) is 5.96 Å². The lowest BCUT2D eigenvalue weighted by molar-refractivity contribution is -0.127. The minimum absolute atomic E-state index is 0. The Morgan fingerprint density at radius 1 is 1.24 bits per heavy atom. The maximum absolute atomic E-state index is 11.6. The van der Waals surface area contributed by atoms with E-state index in [1.807, 2.05) is 0 Å². The summed E-state index contributed by atoms with van der Waals surface area (Å²) >= 11 is 0. The summed E-state index contributed by atoms with van der Waals surface area (Å²) < 4.78 is 0. The number of hydrogen-bond donors (Lipinski definition) is 2. The fourth-order valence-corrected chi connectivity index (χ4v) is 2.55. The van der Waals surface area contributed by atoms with Crippen LogP contribution < -0.4 is 10.6 Å². The highest BCUT2D eigenvalue weighted by Crippen LogP contribution is 2.29. The van der Waals surface area contributed by atoms with Gasteiger partial charge in [-0.15, -0.1) is 24.0 Å². The van der Waals surface area contributed by atoms with E-state index < -0.39 is 0 Å². The number of hydrogen-bond acceptors (Lipinski definition) is 3. The first kappa shape index (κ1) is 18.5. The van der Waals surface area contributed by atoms with E-state index in [4.69, 9.17) is 0 Å². The molecule has 2 rings (SSSR count). The summed E-state index contributed by atoms with van der Waals surface area (Å²) in [6.07, 6.45) is 5.07.